The summed E-state index contributed by atoms with van der Waals surface area (Å²) in [6, 6.07) is 0. The molecule has 0 bridgehead atoms. The summed E-state index contributed by atoms with van der Waals surface area (Å²) in [7, 11) is 0. The molecular weight excluding hydrogens is 232 g/mol. The van der Waals surface area contributed by atoms with Gasteiger partial charge in [-0.2, -0.15) is 0 Å². The van der Waals surface area contributed by atoms with Crippen LogP contribution in [0.15, 0.2) is 12.2 Å². The fourth-order valence-electron chi connectivity index (χ4n) is 5.61. The Hall–Kier alpha value is -0.590. The quantitative estimate of drug-likeness (QED) is 0.635. The lowest BCUT2D eigenvalue weighted by Crippen LogP contribution is -2.51. The second kappa shape index (κ2) is 4.46. The Labute approximate surface area is 117 Å². The van der Waals surface area contributed by atoms with Crippen molar-refractivity contribution in [2.24, 2.45) is 40.9 Å². The maximum absolute atomic E-state index is 13.1. The van der Waals surface area contributed by atoms with Crippen LogP contribution in [0.25, 0.3) is 0 Å². The first kappa shape index (κ1) is 13.4. The van der Waals surface area contributed by atoms with E-state index in [9.17, 15) is 4.79 Å². The molecule has 0 heterocycles. The standard InChI is InChI=1S/C18H28O/c1-5-12-11(2)10-14-13-8-6-7-9-15(13)18(3,4)17(19)16(12)14/h6,8,11-16H,5,7,9-10H2,1-4H3/t11-,12+,13-,14+,15-,16+/m1/s1. The van der Waals surface area contributed by atoms with E-state index in [-0.39, 0.29) is 5.41 Å². The molecule has 0 aromatic carbocycles. The predicted octanol–water partition coefficient (Wildman–Crippen LogP) is 4.48. The molecule has 0 aromatic rings. The molecule has 0 spiro atoms. The van der Waals surface area contributed by atoms with E-state index in [1.807, 2.05) is 0 Å². The number of carbonyl (C=O) groups is 1. The van der Waals surface area contributed by atoms with Gasteiger partial charge in [-0.3, -0.25) is 4.79 Å². The van der Waals surface area contributed by atoms with Crippen molar-refractivity contribution < 1.29 is 4.79 Å². The van der Waals surface area contributed by atoms with Crippen molar-refractivity contribution in [3.05, 3.63) is 12.2 Å². The molecule has 3 aliphatic rings. The van der Waals surface area contributed by atoms with Crippen molar-refractivity contribution in [1.29, 1.82) is 0 Å². The van der Waals surface area contributed by atoms with Gasteiger partial charge in [0.25, 0.3) is 0 Å². The monoisotopic (exact) mass is 260 g/mol. The van der Waals surface area contributed by atoms with Crippen molar-refractivity contribution in [2.75, 3.05) is 0 Å². The van der Waals surface area contributed by atoms with E-state index < -0.39 is 0 Å². The van der Waals surface area contributed by atoms with Crippen molar-refractivity contribution in [3.8, 4) is 0 Å². The second-order valence-corrected chi connectivity index (χ2v) is 7.75. The lowest BCUT2D eigenvalue weighted by Gasteiger charge is -2.50. The molecule has 19 heavy (non-hydrogen) atoms. The number of carbonyl (C=O) groups excluding carboxylic acids is 1. The molecule has 1 heteroatoms. The van der Waals surface area contributed by atoms with Gasteiger partial charge in [0.1, 0.15) is 5.78 Å². The molecule has 6 atom stereocenters. The Morgan fingerprint density at radius 1 is 1.37 bits per heavy atom. The lowest BCUT2D eigenvalue weighted by atomic mass is 9.53. The summed E-state index contributed by atoms with van der Waals surface area (Å²) in [6.07, 6.45) is 9.66. The Kier molecular flexibility index (Phi) is 3.15. The van der Waals surface area contributed by atoms with Gasteiger partial charge in [0.05, 0.1) is 0 Å². The molecule has 0 aromatic heterocycles. The SMILES string of the molecule is CC[C@@H]1[C@@H]2C(=O)C(C)(C)[C@@H]3CCC=C[C@@H]3[C@@H]2C[C@H]1C. The van der Waals surface area contributed by atoms with Crippen LogP contribution in [0.5, 0.6) is 0 Å². The maximum atomic E-state index is 13.1. The van der Waals surface area contributed by atoms with E-state index in [2.05, 4.69) is 39.8 Å². The van der Waals surface area contributed by atoms with Crippen molar-refractivity contribution in [1.82, 2.24) is 0 Å². The minimum absolute atomic E-state index is 0.103. The molecule has 0 radical (unpaired) electrons. The summed E-state index contributed by atoms with van der Waals surface area (Å²) >= 11 is 0. The molecule has 0 saturated heterocycles. The topological polar surface area (TPSA) is 17.1 Å². The fraction of sp³-hybridized carbons (Fsp3) is 0.833. The number of rotatable bonds is 1. The maximum Gasteiger partial charge on any atom is 0.142 e. The fourth-order valence-corrected chi connectivity index (χ4v) is 5.61. The van der Waals surface area contributed by atoms with Gasteiger partial charge < -0.3 is 0 Å². The molecular formula is C18H28O. The molecule has 0 amide bonds. The molecule has 2 saturated carbocycles. The van der Waals surface area contributed by atoms with E-state index >= 15 is 0 Å². The Morgan fingerprint density at radius 2 is 2.11 bits per heavy atom. The first-order valence-electron chi connectivity index (χ1n) is 8.19. The van der Waals surface area contributed by atoms with Gasteiger partial charge in [0.15, 0.2) is 0 Å². The van der Waals surface area contributed by atoms with Crippen LogP contribution in [0.2, 0.25) is 0 Å². The summed E-state index contributed by atoms with van der Waals surface area (Å²) in [5.74, 6) is 4.20. The predicted molar refractivity (Wildman–Crippen MR) is 78.7 cm³/mol. The van der Waals surface area contributed by atoms with Crippen LogP contribution in [0.4, 0.5) is 0 Å². The molecule has 3 rings (SSSR count). The van der Waals surface area contributed by atoms with Crippen LogP contribution in [-0.2, 0) is 4.79 Å². The smallest absolute Gasteiger partial charge is 0.142 e. The van der Waals surface area contributed by atoms with Gasteiger partial charge in [0.2, 0.25) is 0 Å². The van der Waals surface area contributed by atoms with E-state index in [4.69, 9.17) is 0 Å². The third-order valence-electron chi connectivity index (χ3n) is 6.60. The average molecular weight is 260 g/mol. The first-order valence-corrected chi connectivity index (χ1v) is 8.19. The van der Waals surface area contributed by atoms with Crippen LogP contribution in [0.1, 0.15) is 53.4 Å². The van der Waals surface area contributed by atoms with Crippen LogP contribution in [-0.4, -0.2) is 5.78 Å². The Morgan fingerprint density at radius 3 is 2.79 bits per heavy atom. The van der Waals surface area contributed by atoms with Gasteiger partial charge in [-0.1, -0.05) is 46.3 Å². The van der Waals surface area contributed by atoms with Crippen LogP contribution < -0.4 is 0 Å². The first-order chi connectivity index (χ1) is 8.98. The van der Waals surface area contributed by atoms with E-state index in [1.165, 1.54) is 25.7 Å². The van der Waals surface area contributed by atoms with E-state index in [0.29, 0.717) is 35.4 Å². The zero-order valence-corrected chi connectivity index (χ0v) is 12.9. The minimum Gasteiger partial charge on any atom is -0.299 e. The number of fused-ring (bicyclic) bond motifs is 3. The molecule has 3 aliphatic carbocycles. The molecule has 2 fully saturated rings. The number of hydrogen-bond acceptors (Lipinski definition) is 1. The lowest BCUT2D eigenvalue weighted by molar-refractivity contribution is -0.145. The summed E-state index contributed by atoms with van der Waals surface area (Å²) in [5.41, 5.74) is -0.103. The summed E-state index contributed by atoms with van der Waals surface area (Å²) < 4.78 is 0. The highest BCUT2D eigenvalue weighted by Gasteiger charge is 2.58. The van der Waals surface area contributed by atoms with Crippen LogP contribution >= 0.6 is 0 Å². The van der Waals surface area contributed by atoms with E-state index in [1.54, 1.807) is 0 Å². The zero-order chi connectivity index (χ0) is 13.8. The van der Waals surface area contributed by atoms with Crippen molar-refractivity contribution in [2.45, 2.75) is 53.4 Å². The number of Topliss-reactive ketones (excluding diaryl/α,β-unsaturated/α-hetero) is 1. The minimum atomic E-state index is -0.103. The largest absolute Gasteiger partial charge is 0.299 e. The van der Waals surface area contributed by atoms with Crippen molar-refractivity contribution >= 4 is 5.78 Å². The highest BCUT2D eigenvalue weighted by molar-refractivity contribution is 5.88. The molecule has 0 aliphatic heterocycles. The summed E-state index contributed by atoms with van der Waals surface area (Å²) in [5, 5.41) is 0. The van der Waals surface area contributed by atoms with Crippen LogP contribution in [0.3, 0.4) is 0 Å². The second-order valence-electron chi connectivity index (χ2n) is 7.75. The summed E-state index contributed by atoms with van der Waals surface area (Å²) in [4.78, 5) is 13.1. The van der Waals surface area contributed by atoms with E-state index in [0.717, 1.165) is 5.92 Å². The number of ketones is 1. The highest BCUT2D eigenvalue weighted by Crippen LogP contribution is 2.59. The molecule has 0 N–H and O–H groups in total. The zero-order valence-electron chi connectivity index (χ0n) is 12.9. The van der Waals surface area contributed by atoms with Crippen LogP contribution in [0, 0.1) is 40.9 Å². The Balaban J connectivity index is 2.02. The van der Waals surface area contributed by atoms with Gasteiger partial charge in [0, 0.05) is 11.3 Å². The van der Waals surface area contributed by atoms with Gasteiger partial charge in [-0.05, 0) is 48.9 Å². The van der Waals surface area contributed by atoms with Gasteiger partial charge in [-0.15, -0.1) is 0 Å². The molecule has 1 nitrogen and oxygen atoms in total. The number of allylic oxidation sites excluding steroid dienone is 2. The number of hydrogen-bond donors (Lipinski definition) is 0. The normalized spacial score (nSPS) is 47.9. The molecule has 0 unspecified atom stereocenters. The molecule has 106 valence electrons. The van der Waals surface area contributed by atoms with Gasteiger partial charge in [-0.25, -0.2) is 0 Å². The highest BCUT2D eigenvalue weighted by atomic mass is 16.1. The van der Waals surface area contributed by atoms with Gasteiger partial charge >= 0.3 is 0 Å². The Bertz CT molecular complexity index is 406. The van der Waals surface area contributed by atoms with Crippen molar-refractivity contribution in [3.63, 3.8) is 0 Å². The average Bonchev–Trinajstić information content (AvgIpc) is 2.73. The summed E-state index contributed by atoms with van der Waals surface area (Å²) in [6.45, 7) is 9.08. The third kappa shape index (κ3) is 1.76. The third-order valence-corrected chi connectivity index (χ3v) is 6.60.